The summed E-state index contributed by atoms with van der Waals surface area (Å²) in [6, 6.07) is 0. The van der Waals surface area contributed by atoms with Gasteiger partial charge in [0.05, 0.1) is 0 Å². The minimum absolute atomic E-state index is 0.401. The lowest BCUT2D eigenvalue weighted by Crippen LogP contribution is -2.31. The molecule has 2 aliphatic rings. The molecular formula is C9H15N3. The second kappa shape index (κ2) is 2.88. The van der Waals surface area contributed by atoms with Crippen LogP contribution >= 0.6 is 0 Å². The van der Waals surface area contributed by atoms with Crippen LogP contribution < -0.4 is 5.73 Å². The Hall–Kier alpha value is -0.860. The second-order valence-corrected chi connectivity index (χ2v) is 3.85. The largest absolute Gasteiger partial charge is 0.385 e. The van der Waals surface area contributed by atoms with Crippen LogP contribution in [0.3, 0.4) is 0 Å². The van der Waals surface area contributed by atoms with Gasteiger partial charge in [0.15, 0.2) is 0 Å². The van der Waals surface area contributed by atoms with Gasteiger partial charge < -0.3 is 5.73 Å². The topological polar surface area (TPSA) is 50.7 Å². The number of rotatable bonds is 1. The second-order valence-electron chi connectivity index (χ2n) is 3.85. The van der Waals surface area contributed by atoms with Crippen LogP contribution in [-0.2, 0) is 0 Å². The van der Waals surface area contributed by atoms with Crippen LogP contribution in [0.5, 0.6) is 0 Å². The lowest BCUT2D eigenvalue weighted by molar-refractivity contribution is 0.404. The first-order valence-corrected chi connectivity index (χ1v) is 4.67. The molecule has 2 rings (SSSR count). The molecule has 0 aromatic rings. The Bertz CT molecular complexity index is 238. The van der Waals surface area contributed by atoms with E-state index in [0.29, 0.717) is 11.8 Å². The van der Waals surface area contributed by atoms with E-state index in [1.165, 1.54) is 25.0 Å². The van der Waals surface area contributed by atoms with E-state index in [1.54, 1.807) is 0 Å². The molecule has 1 heterocycles. The Morgan fingerprint density at radius 1 is 1.33 bits per heavy atom. The van der Waals surface area contributed by atoms with E-state index in [-0.39, 0.29) is 0 Å². The highest BCUT2D eigenvalue weighted by molar-refractivity contribution is 5.95. The Morgan fingerprint density at radius 2 is 2.08 bits per heavy atom. The van der Waals surface area contributed by atoms with Crippen molar-refractivity contribution in [3.63, 3.8) is 0 Å². The van der Waals surface area contributed by atoms with Crippen LogP contribution in [0, 0.1) is 11.8 Å². The summed E-state index contributed by atoms with van der Waals surface area (Å²) < 4.78 is 0. The monoisotopic (exact) mass is 165 g/mol. The van der Waals surface area contributed by atoms with E-state index < -0.39 is 0 Å². The zero-order valence-electron chi connectivity index (χ0n) is 7.45. The van der Waals surface area contributed by atoms with Crippen molar-refractivity contribution in [1.29, 1.82) is 0 Å². The van der Waals surface area contributed by atoms with E-state index in [0.717, 1.165) is 12.3 Å². The van der Waals surface area contributed by atoms with Crippen LogP contribution in [-0.4, -0.2) is 11.5 Å². The third-order valence-electron chi connectivity index (χ3n) is 2.89. The fraction of sp³-hybridized carbons (Fsp3) is 0.778. The predicted molar refractivity (Wildman–Crippen MR) is 50.2 cm³/mol. The van der Waals surface area contributed by atoms with Crippen LogP contribution in [0.1, 0.15) is 32.6 Å². The fourth-order valence-corrected chi connectivity index (χ4v) is 1.67. The Labute approximate surface area is 72.7 Å². The van der Waals surface area contributed by atoms with Gasteiger partial charge in [-0.25, -0.2) is 0 Å². The molecule has 3 nitrogen and oxygen atoms in total. The molecule has 1 unspecified atom stereocenters. The number of nitrogens with two attached hydrogens (primary N) is 1. The summed E-state index contributed by atoms with van der Waals surface area (Å²) in [6.07, 6.45) is 5.00. The number of nitrogens with zero attached hydrogens (tertiary/aromatic N) is 2. The molecule has 0 spiro atoms. The minimum Gasteiger partial charge on any atom is -0.385 e. The highest BCUT2D eigenvalue weighted by Gasteiger charge is 2.27. The van der Waals surface area contributed by atoms with E-state index in [4.69, 9.17) is 5.73 Å². The maximum absolute atomic E-state index is 5.64. The third kappa shape index (κ3) is 1.24. The predicted octanol–water partition coefficient (Wildman–Crippen LogP) is 1.54. The van der Waals surface area contributed by atoms with E-state index in [9.17, 15) is 0 Å². The zero-order valence-corrected chi connectivity index (χ0v) is 7.45. The maximum atomic E-state index is 5.64. The van der Waals surface area contributed by atoms with Crippen LogP contribution in [0.25, 0.3) is 0 Å². The molecule has 1 aliphatic carbocycles. The standard InChI is InChI=1S/C9H15N3/c1-6-5-8(7-3-2-4-7)11-12-9(6)10/h6-7H,2-5H2,1H3,(H2,10,12). The van der Waals surface area contributed by atoms with E-state index in [2.05, 4.69) is 17.1 Å². The molecule has 0 aromatic heterocycles. The molecular weight excluding hydrogens is 150 g/mol. The van der Waals surface area contributed by atoms with Crippen molar-refractivity contribution in [2.75, 3.05) is 0 Å². The van der Waals surface area contributed by atoms with Crippen molar-refractivity contribution < 1.29 is 0 Å². The Balaban J connectivity index is 2.07. The molecule has 1 fully saturated rings. The van der Waals surface area contributed by atoms with Gasteiger partial charge in [0.1, 0.15) is 5.84 Å². The maximum Gasteiger partial charge on any atom is 0.125 e. The van der Waals surface area contributed by atoms with Gasteiger partial charge in [-0.05, 0) is 25.2 Å². The zero-order chi connectivity index (χ0) is 8.55. The van der Waals surface area contributed by atoms with Gasteiger partial charge in [-0.3, -0.25) is 0 Å². The molecule has 0 amide bonds. The Kier molecular flexibility index (Phi) is 1.87. The average Bonchev–Trinajstić information content (AvgIpc) is 1.93. The fourth-order valence-electron chi connectivity index (χ4n) is 1.67. The number of amidine groups is 1. The van der Waals surface area contributed by atoms with Crippen molar-refractivity contribution >= 4 is 11.5 Å². The SMILES string of the molecule is CC1CC(C2CCC2)=NN=C1N. The highest BCUT2D eigenvalue weighted by Crippen LogP contribution is 2.31. The van der Waals surface area contributed by atoms with Gasteiger partial charge >= 0.3 is 0 Å². The van der Waals surface area contributed by atoms with Gasteiger partial charge in [-0.2, -0.15) is 5.10 Å². The lowest BCUT2D eigenvalue weighted by Gasteiger charge is -2.29. The van der Waals surface area contributed by atoms with Crippen LogP contribution in [0.2, 0.25) is 0 Å². The molecule has 0 saturated heterocycles. The van der Waals surface area contributed by atoms with Crippen molar-refractivity contribution in [2.24, 2.45) is 27.8 Å². The summed E-state index contributed by atoms with van der Waals surface area (Å²) in [5, 5.41) is 8.14. The molecule has 0 bridgehead atoms. The average molecular weight is 165 g/mol. The first-order chi connectivity index (χ1) is 5.77. The van der Waals surface area contributed by atoms with Gasteiger partial charge in [0.25, 0.3) is 0 Å². The molecule has 1 saturated carbocycles. The minimum atomic E-state index is 0.401. The smallest absolute Gasteiger partial charge is 0.125 e. The normalized spacial score (nSPS) is 30.6. The first kappa shape index (κ1) is 7.77. The molecule has 2 N–H and O–H groups in total. The first-order valence-electron chi connectivity index (χ1n) is 4.67. The van der Waals surface area contributed by atoms with Crippen LogP contribution in [0.15, 0.2) is 10.2 Å². The number of hydrogen-bond donors (Lipinski definition) is 1. The van der Waals surface area contributed by atoms with E-state index in [1.807, 2.05) is 0 Å². The van der Waals surface area contributed by atoms with Crippen molar-refractivity contribution in [3.8, 4) is 0 Å². The van der Waals surface area contributed by atoms with Gasteiger partial charge in [-0.1, -0.05) is 13.3 Å². The summed E-state index contributed by atoms with van der Waals surface area (Å²) in [5.41, 5.74) is 6.92. The molecule has 0 aromatic carbocycles. The third-order valence-corrected chi connectivity index (χ3v) is 2.89. The molecule has 1 aliphatic heterocycles. The van der Waals surface area contributed by atoms with Crippen molar-refractivity contribution in [1.82, 2.24) is 0 Å². The quantitative estimate of drug-likeness (QED) is 0.629. The Morgan fingerprint density at radius 3 is 2.58 bits per heavy atom. The number of hydrogen-bond acceptors (Lipinski definition) is 3. The van der Waals surface area contributed by atoms with Crippen molar-refractivity contribution in [2.45, 2.75) is 32.6 Å². The summed E-state index contributed by atoms with van der Waals surface area (Å²) in [5.74, 6) is 1.82. The lowest BCUT2D eigenvalue weighted by atomic mass is 9.78. The molecule has 0 radical (unpaired) electrons. The van der Waals surface area contributed by atoms with Crippen LogP contribution in [0.4, 0.5) is 0 Å². The molecule has 66 valence electrons. The summed E-state index contributed by atoms with van der Waals surface area (Å²) in [7, 11) is 0. The summed E-state index contributed by atoms with van der Waals surface area (Å²) in [4.78, 5) is 0. The van der Waals surface area contributed by atoms with E-state index >= 15 is 0 Å². The molecule has 1 atom stereocenters. The molecule has 3 heteroatoms. The van der Waals surface area contributed by atoms with Gasteiger partial charge in [-0.15, -0.1) is 5.10 Å². The summed E-state index contributed by atoms with van der Waals surface area (Å²) in [6.45, 7) is 2.12. The van der Waals surface area contributed by atoms with Crippen molar-refractivity contribution in [3.05, 3.63) is 0 Å². The van der Waals surface area contributed by atoms with Gasteiger partial charge in [0.2, 0.25) is 0 Å². The summed E-state index contributed by atoms with van der Waals surface area (Å²) >= 11 is 0. The molecule has 12 heavy (non-hydrogen) atoms. The highest BCUT2D eigenvalue weighted by atomic mass is 15.2. The van der Waals surface area contributed by atoms with Gasteiger partial charge in [0, 0.05) is 11.6 Å².